The van der Waals surface area contributed by atoms with Gasteiger partial charge < -0.3 is 10.1 Å². The van der Waals surface area contributed by atoms with E-state index in [0.29, 0.717) is 12.2 Å². The maximum Gasteiger partial charge on any atom is 0.126 e. The van der Waals surface area contributed by atoms with Gasteiger partial charge in [-0.05, 0) is 37.6 Å². The van der Waals surface area contributed by atoms with Gasteiger partial charge in [0.15, 0.2) is 0 Å². The highest BCUT2D eigenvalue weighted by Gasteiger charge is 2.23. The van der Waals surface area contributed by atoms with Gasteiger partial charge in [0.2, 0.25) is 0 Å². The predicted octanol–water partition coefficient (Wildman–Crippen LogP) is 3.82. The van der Waals surface area contributed by atoms with Crippen LogP contribution in [0.4, 0.5) is 8.78 Å². The summed E-state index contributed by atoms with van der Waals surface area (Å²) in [6.07, 6.45) is 1.74. The van der Waals surface area contributed by atoms with Gasteiger partial charge >= 0.3 is 0 Å². The molecule has 1 rings (SSSR count). The largest absolute Gasteiger partial charge is 0.377 e. The van der Waals surface area contributed by atoms with Gasteiger partial charge in [0.05, 0.1) is 12.1 Å². The zero-order valence-electron chi connectivity index (χ0n) is 11.9. The summed E-state index contributed by atoms with van der Waals surface area (Å²) < 4.78 is 32.4. The summed E-state index contributed by atoms with van der Waals surface area (Å²) in [5.74, 6) is -1.10. The van der Waals surface area contributed by atoms with Crippen molar-refractivity contribution in [2.45, 2.75) is 45.8 Å². The number of ether oxygens (including phenoxy) is 1. The Morgan fingerprint density at radius 1 is 1.11 bits per heavy atom. The number of rotatable bonds is 8. The molecule has 0 bridgehead atoms. The van der Waals surface area contributed by atoms with E-state index in [9.17, 15) is 8.78 Å². The zero-order chi connectivity index (χ0) is 14.3. The van der Waals surface area contributed by atoms with Crippen LogP contribution < -0.4 is 5.32 Å². The molecule has 0 fully saturated rings. The average Bonchev–Trinajstić information content (AvgIpc) is 2.34. The van der Waals surface area contributed by atoms with E-state index < -0.39 is 11.6 Å². The molecule has 0 radical (unpaired) electrons. The van der Waals surface area contributed by atoms with Crippen LogP contribution in [0.2, 0.25) is 0 Å². The third-order valence-electron chi connectivity index (χ3n) is 2.99. The topological polar surface area (TPSA) is 21.3 Å². The molecule has 0 aliphatic rings. The second-order valence-electron chi connectivity index (χ2n) is 4.52. The molecule has 1 aromatic carbocycles. The summed E-state index contributed by atoms with van der Waals surface area (Å²) in [5.41, 5.74) is 0.603. The minimum atomic E-state index is -0.551. The maximum absolute atomic E-state index is 13.4. The molecular formula is C15H23F2NO. The second-order valence-corrected chi connectivity index (χ2v) is 4.52. The predicted molar refractivity (Wildman–Crippen MR) is 73.1 cm³/mol. The average molecular weight is 271 g/mol. The minimum Gasteiger partial charge on any atom is -0.377 e. The van der Waals surface area contributed by atoms with Crippen molar-refractivity contribution >= 4 is 0 Å². The van der Waals surface area contributed by atoms with Crippen LogP contribution in [0.15, 0.2) is 18.2 Å². The van der Waals surface area contributed by atoms with Crippen molar-refractivity contribution in [3.63, 3.8) is 0 Å². The van der Waals surface area contributed by atoms with E-state index in [1.54, 1.807) is 0 Å². The van der Waals surface area contributed by atoms with Crippen LogP contribution >= 0.6 is 0 Å². The zero-order valence-corrected chi connectivity index (χ0v) is 11.9. The fourth-order valence-corrected chi connectivity index (χ4v) is 2.28. The first-order valence-electron chi connectivity index (χ1n) is 6.93. The molecule has 0 aliphatic heterocycles. The van der Waals surface area contributed by atoms with Gasteiger partial charge in [0, 0.05) is 12.7 Å². The lowest BCUT2D eigenvalue weighted by Gasteiger charge is -2.28. The molecule has 0 saturated heterocycles. The summed E-state index contributed by atoms with van der Waals surface area (Å²) in [6, 6.07) is 3.45. The normalized spacial score (nSPS) is 14.4. The molecule has 0 saturated carbocycles. The molecular weight excluding hydrogens is 248 g/mol. The Labute approximate surface area is 114 Å². The van der Waals surface area contributed by atoms with E-state index in [2.05, 4.69) is 12.2 Å². The van der Waals surface area contributed by atoms with E-state index in [0.717, 1.165) is 25.5 Å². The summed E-state index contributed by atoms with van der Waals surface area (Å²) in [5, 5.41) is 3.26. The maximum atomic E-state index is 13.4. The van der Waals surface area contributed by atoms with Crippen LogP contribution in [0.1, 0.15) is 45.2 Å². The van der Waals surface area contributed by atoms with Gasteiger partial charge in [0.1, 0.15) is 11.6 Å². The first kappa shape index (κ1) is 16.1. The number of nitrogens with one attached hydrogen (secondary N) is 1. The van der Waals surface area contributed by atoms with Gasteiger partial charge in [-0.2, -0.15) is 0 Å². The van der Waals surface area contributed by atoms with Gasteiger partial charge in [0.25, 0.3) is 0 Å². The molecule has 0 amide bonds. The quantitative estimate of drug-likeness (QED) is 0.776. The Morgan fingerprint density at radius 2 is 1.74 bits per heavy atom. The van der Waals surface area contributed by atoms with Gasteiger partial charge in [-0.25, -0.2) is 8.78 Å². The Morgan fingerprint density at radius 3 is 2.21 bits per heavy atom. The highest BCUT2D eigenvalue weighted by atomic mass is 19.1. The molecule has 19 heavy (non-hydrogen) atoms. The third kappa shape index (κ3) is 4.88. The Hall–Kier alpha value is -1.00. The Kier molecular flexibility index (Phi) is 6.95. The number of hydrogen-bond donors (Lipinski definition) is 1. The van der Waals surface area contributed by atoms with Crippen molar-refractivity contribution < 1.29 is 13.5 Å². The molecule has 1 N–H and O–H groups in total. The number of likely N-dealkylation sites (N-methyl/N-ethyl adjacent to an activating group) is 1. The van der Waals surface area contributed by atoms with Crippen molar-refractivity contribution in [1.29, 1.82) is 0 Å². The van der Waals surface area contributed by atoms with Crippen LogP contribution in [-0.2, 0) is 4.74 Å². The molecule has 0 aromatic heterocycles. The number of benzene rings is 1. The Balaban J connectivity index is 3.01. The Bertz CT molecular complexity index is 358. The molecule has 4 heteroatoms. The SMILES string of the molecule is CCCC(OCC)C(NCC)c1cc(F)cc(F)c1. The first-order chi connectivity index (χ1) is 9.12. The van der Waals surface area contributed by atoms with E-state index >= 15 is 0 Å². The van der Waals surface area contributed by atoms with Crippen LogP contribution in [0.25, 0.3) is 0 Å². The molecule has 2 nitrogen and oxygen atoms in total. The highest BCUT2D eigenvalue weighted by Crippen LogP contribution is 2.24. The van der Waals surface area contributed by atoms with Crippen molar-refractivity contribution in [3.8, 4) is 0 Å². The van der Waals surface area contributed by atoms with E-state index in [1.807, 2.05) is 13.8 Å². The third-order valence-corrected chi connectivity index (χ3v) is 2.99. The van der Waals surface area contributed by atoms with E-state index in [4.69, 9.17) is 4.74 Å². The molecule has 2 unspecified atom stereocenters. The van der Waals surface area contributed by atoms with Crippen molar-refractivity contribution in [2.75, 3.05) is 13.2 Å². The fraction of sp³-hybridized carbons (Fsp3) is 0.600. The summed E-state index contributed by atoms with van der Waals surface area (Å²) in [7, 11) is 0. The molecule has 1 aromatic rings. The molecule has 0 aliphatic carbocycles. The van der Waals surface area contributed by atoms with Gasteiger partial charge in [-0.1, -0.05) is 20.3 Å². The first-order valence-corrected chi connectivity index (χ1v) is 6.93. The number of halogens is 2. The van der Waals surface area contributed by atoms with Crippen molar-refractivity contribution in [1.82, 2.24) is 5.32 Å². The van der Waals surface area contributed by atoms with E-state index in [-0.39, 0.29) is 12.1 Å². The van der Waals surface area contributed by atoms with Crippen LogP contribution in [0.5, 0.6) is 0 Å². The lowest BCUT2D eigenvalue weighted by atomic mass is 9.97. The molecule has 108 valence electrons. The van der Waals surface area contributed by atoms with Crippen molar-refractivity contribution in [3.05, 3.63) is 35.4 Å². The van der Waals surface area contributed by atoms with Crippen LogP contribution in [-0.4, -0.2) is 19.3 Å². The summed E-state index contributed by atoms with van der Waals surface area (Å²) in [4.78, 5) is 0. The highest BCUT2D eigenvalue weighted by molar-refractivity contribution is 5.22. The minimum absolute atomic E-state index is 0.0730. The number of hydrogen-bond acceptors (Lipinski definition) is 2. The van der Waals surface area contributed by atoms with Crippen LogP contribution in [0.3, 0.4) is 0 Å². The second kappa shape index (κ2) is 8.23. The van der Waals surface area contributed by atoms with Gasteiger partial charge in [-0.3, -0.25) is 0 Å². The van der Waals surface area contributed by atoms with Crippen molar-refractivity contribution in [2.24, 2.45) is 0 Å². The van der Waals surface area contributed by atoms with E-state index in [1.165, 1.54) is 12.1 Å². The molecule has 0 spiro atoms. The van der Waals surface area contributed by atoms with Gasteiger partial charge in [-0.15, -0.1) is 0 Å². The summed E-state index contributed by atoms with van der Waals surface area (Å²) >= 11 is 0. The fourth-order valence-electron chi connectivity index (χ4n) is 2.28. The standard InChI is InChI=1S/C15H23F2NO/c1-4-7-14(19-6-3)15(18-5-2)11-8-12(16)10-13(17)9-11/h8-10,14-15,18H,4-7H2,1-3H3. The molecule has 2 atom stereocenters. The lowest BCUT2D eigenvalue weighted by molar-refractivity contribution is 0.0279. The monoisotopic (exact) mass is 271 g/mol. The smallest absolute Gasteiger partial charge is 0.126 e. The lowest BCUT2D eigenvalue weighted by Crippen LogP contribution is -2.34. The summed E-state index contributed by atoms with van der Waals surface area (Å²) in [6.45, 7) is 7.27. The molecule has 0 heterocycles. The van der Waals surface area contributed by atoms with Crippen LogP contribution in [0, 0.1) is 11.6 Å².